The van der Waals surface area contributed by atoms with Crippen molar-refractivity contribution < 1.29 is 9.18 Å². The number of aromatic nitrogens is 1. The lowest BCUT2D eigenvalue weighted by atomic mass is 10.1. The molecule has 0 saturated heterocycles. The first-order valence-corrected chi connectivity index (χ1v) is 6.84. The Morgan fingerprint density at radius 3 is 2.71 bits per heavy atom. The van der Waals surface area contributed by atoms with Crippen LogP contribution in [0.15, 0.2) is 54.6 Å². The number of pyridine rings is 1. The number of nitrogens with zero attached hydrogens (tertiary/aromatic N) is 1. The fourth-order valence-corrected chi connectivity index (χ4v) is 2.26. The zero-order valence-corrected chi connectivity index (χ0v) is 11.8. The van der Waals surface area contributed by atoms with E-state index in [0.29, 0.717) is 11.3 Å². The van der Waals surface area contributed by atoms with E-state index >= 15 is 0 Å². The van der Waals surface area contributed by atoms with Crippen molar-refractivity contribution in [3.8, 4) is 0 Å². The van der Waals surface area contributed by atoms with Crippen molar-refractivity contribution in [3.05, 3.63) is 76.7 Å². The van der Waals surface area contributed by atoms with Crippen LogP contribution in [0.3, 0.4) is 0 Å². The molecule has 0 unspecified atom stereocenters. The standard InChI is InChI=1S/C17H11ClFNO/c18-13-7-5-11(9-14(13)19)10-17(21)16-8-6-12-3-1-2-4-15(12)20-16/h1-9H,10H2. The summed E-state index contributed by atoms with van der Waals surface area (Å²) in [6.07, 6.45) is 0.0967. The van der Waals surface area contributed by atoms with Crippen molar-refractivity contribution in [3.63, 3.8) is 0 Å². The first-order valence-electron chi connectivity index (χ1n) is 6.46. The molecule has 2 aromatic carbocycles. The molecule has 0 spiro atoms. The van der Waals surface area contributed by atoms with E-state index in [4.69, 9.17) is 11.6 Å². The number of benzene rings is 2. The predicted molar refractivity (Wildman–Crippen MR) is 81.2 cm³/mol. The van der Waals surface area contributed by atoms with E-state index in [0.717, 1.165) is 10.9 Å². The van der Waals surface area contributed by atoms with Crippen molar-refractivity contribution in [1.82, 2.24) is 4.98 Å². The van der Waals surface area contributed by atoms with Crippen LogP contribution in [0.5, 0.6) is 0 Å². The second-order valence-electron chi connectivity index (χ2n) is 4.74. The summed E-state index contributed by atoms with van der Waals surface area (Å²) in [5, 5.41) is 1.03. The number of hydrogen-bond donors (Lipinski definition) is 0. The number of fused-ring (bicyclic) bond motifs is 1. The van der Waals surface area contributed by atoms with Gasteiger partial charge < -0.3 is 0 Å². The lowest BCUT2D eigenvalue weighted by Crippen LogP contribution is -2.06. The Morgan fingerprint density at radius 1 is 1.10 bits per heavy atom. The van der Waals surface area contributed by atoms with Gasteiger partial charge in [-0.1, -0.05) is 41.9 Å². The van der Waals surface area contributed by atoms with Gasteiger partial charge in [0.25, 0.3) is 0 Å². The lowest BCUT2D eigenvalue weighted by molar-refractivity contribution is 0.0988. The van der Waals surface area contributed by atoms with Crippen LogP contribution in [-0.4, -0.2) is 10.8 Å². The highest BCUT2D eigenvalue weighted by Gasteiger charge is 2.11. The van der Waals surface area contributed by atoms with E-state index in [1.807, 2.05) is 30.3 Å². The Hall–Kier alpha value is -2.26. The van der Waals surface area contributed by atoms with Crippen molar-refractivity contribution >= 4 is 28.3 Å². The molecule has 3 rings (SSSR count). The normalized spacial score (nSPS) is 10.8. The summed E-state index contributed by atoms with van der Waals surface area (Å²) in [6.45, 7) is 0. The van der Waals surface area contributed by atoms with Gasteiger partial charge in [-0.05, 0) is 29.8 Å². The van der Waals surface area contributed by atoms with E-state index < -0.39 is 5.82 Å². The number of ketones is 1. The third-order valence-corrected chi connectivity index (χ3v) is 3.54. The third kappa shape index (κ3) is 2.93. The summed E-state index contributed by atoms with van der Waals surface area (Å²) in [6, 6.07) is 15.5. The van der Waals surface area contributed by atoms with Gasteiger partial charge in [0.2, 0.25) is 0 Å². The van der Waals surface area contributed by atoms with Crippen LogP contribution in [0.1, 0.15) is 16.1 Å². The molecule has 1 aromatic heterocycles. The molecule has 0 radical (unpaired) electrons. The number of halogens is 2. The maximum absolute atomic E-state index is 13.4. The Kier molecular flexibility index (Phi) is 3.67. The minimum atomic E-state index is -0.520. The first kappa shape index (κ1) is 13.7. The van der Waals surface area contributed by atoms with Crippen molar-refractivity contribution in [2.45, 2.75) is 6.42 Å². The van der Waals surface area contributed by atoms with E-state index in [1.54, 1.807) is 12.1 Å². The molecule has 21 heavy (non-hydrogen) atoms. The minimum Gasteiger partial charge on any atom is -0.292 e. The molecule has 0 aliphatic carbocycles. The maximum Gasteiger partial charge on any atom is 0.185 e. The van der Waals surface area contributed by atoms with Gasteiger partial charge in [-0.3, -0.25) is 4.79 Å². The molecule has 0 fully saturated rings. The second-order valence-corrected chi connectivity index (χ2v) is 5.14. The van der Waals surface area contributed by atoms with Gasteiger partial charge in [0, 0.05) is 11.8 Å². The summed E-state index contributed by atoms with van der Waals surface area (Å²) in [4.78, 5) is 16.6. The van der Waals surface area contributed by atoms with Crippen LogP contribution in [-0.2, 0) is 6.42 Å². The monoisotopic (exact) mass is 299 g/mol. The quantitative estimate of drug-likeness (QED) is 0.669. The largest absolute Gasteiger partial charge is 0.292 e. The maximum atomic E-state index is 13.4. The van der Waals surface area contributed by atoms with E-state index in [2.05, 4.69) is 4.98 Å². The number of carbonyl (C=O) groups excluding carboxylic acids is 1. The molecule has 0 amide bonds. The predicted octanol–water partition coefficient (Wildman–Crippen LogP) is 4.45. The molecule has 0 bridgehead atoms. The van der Waals surface area contributed by atoms with Crippen LogP contribution in [0.4, 0.5) is 4.39 Å². The van der Waals surface area contributed by atoms with E-state index in [-0.39, 0.29) is 17.2 Å². The summed E-state index contributed by atoms with van der Waals surface area (Å²) >= 11 is 5.63. The summed E-state index contributed by atoms with van der Waals surface area (Å²) in [5.74, 6) is -0.670. The fraction of sp³-hybridized carbons (Fsp3) is 0.0588. The van der Waals surface area contributed by atoms with Crippen LogP contribution in [0, 0.1) is 5.82 Å². The van der Waals surface area contributed by atoms with Crippen LogP contribution < -0.4 is 0 Å². The highest BCUT2D eigenvalue weighted by molar-refractivity contribution is 6.30. The molecule has 0 atom stereocenters. The fourth-order valence-electron chi connectivity index (χ4n) is 2.15. The Morgan fingerprint density at radius 2 is 1.90 bits per heavy atom. The van der Waals surface area contributed by atoms with Crippen molar-refractivity contribution in [2.24, 2.45) is 0 Å². The number of rotatable bonds is 3. The molecule has 104 valence electrons. The third-order valence-electron chi connectivity index (χ3n) is 3.23. The molecule has 1 heterocycles. The SMILES string of the molecule is O=C(Cc1ccc(Cl)c(F)c1)c1ccc2ccccc2n1. The smallest absolute Gasteiger partial charge is 0.185 e. The zero-order chi connectivity index (χ0) is 14.8. The van der Waals surface area contributed by atoms with E-state index in [1.165, 1.54) is 12.1 Å². The number of Topliss-reactive ketones (excluding diaryl/α,β-unsaturated/α-hetero) is 1. The van der Waals surface area contributed by atoms with Crippen molar-refractivity contribution in [1.29, 1.82) is 0 Å². The molecule has 0 saturated carbocycles. The molecule has 3 aromatic rings. The topological polar surface area (TPSA) is 30.0 Å². The summed E-state index contributed by atoms with van der Waals surface area (Å²) < 4.78 is 13.4. The molecular weight excluding hydrogens is 289 g/mol. The van der Waals surface area contributed by atoms with Gasteiger partial charge in [-0.2, -0.15) is 0 Å². The van der Waals surface area contributed by atoms with Crippen LogP contribution in [0.2, 0.25) is 5.02 Å². The van der Waals surface area contributed by atoms with Gasteiger partial charge >= 0.3 is 0 Å². The highest BCUT2D eigenvalue weighted by atomic mass is 35.5. The second kappa shape index (κ2) is 5.62. The average Bonchev–Trinajstić information content (AvgIpc) is 2.50. The van der Waals surface area contributed by atoms with Gasteiger partial charge in [0.1, 0.15) is 11.5 Å². The summed E-state index contributed by atoms with van der Waals surface area (Å²) in [7, 11) is 0. The summed E-state index contributed by atoms with van der Waals surface area (Å²) in [5.41, 5.74) is 1.73. The molecule has 4 heteroatoms. The minimum absolute atomic E-state index is 0.0510. The zero-order valence-electron chi connectivity index (χ0n) is 11.0. The Labute approximate surface area is 126 Å². The molecule has 2 nitrogen and oxygen atoms in total. The van der Waals surface area contributed by atoms with Crippen LogP contribution >= 0.6 is 11.6 Å². The Bertz CT molecular complexity index is 832. The van der Waals surface area contributed by atoms with E-state index in [9.17, 15) is 9.18 Å². The first-order chi connectivity index (χ1) is 10.1. The van der Waals surface area contributed by atoms with Gasteiger partial charge in [0.15, 0.2) is 5.78 Å². The van der Waals surface area contributed by atoms with Gasteiger partial charge in [0.05, 0.1) is 10.5 Å². The Balaban J connectivity index is 1.87. The number of carbonyl (C=O) groups is 1. The van der Waals surface area contributed by atoms with Crippen LogP contribution in [0.25, 0.3) is 10.9 Å². The van der Waals surface area contributed by atoms with Gasteiger partial charge in [-0.15, -0.1) is 0 Å². The molecular formula is C17H11ClFNO. The molecule has 0 N–H and O–H groups in total. The average molecular weight is 300 g/mol. The number of para-hydroxylation sites is 1. The molecule has 0 aliphatic heterocycles. The lowest BCUT2D eigenvalue weighted by Gasteiger charge is -2.04. The number of hydrogen-bond acceptors (Lipinski definition) is 2. The molecule has 0 aliphatic rings. The van der Waals surface area contributed by atoms with Crippen molar-refractivity contribution in [2.75, 3.05) is 0 Å². The highest BCUT2D eigenvalue weighted by Crippen LogP contribution is 2.17. The van der Waals surface area contributed by atoms with Gasteiger partial charge in [-0.25, -0.2) is 9.37 Å².